The number of carbonyl (C=O) groups excluding carboxylic acids is 1. The zero-order chi connectivity index (χ0) is 9.97. The van der Waals surface area contributed by atoms with Crippen molar-refractivity contribution in [1.82, 2.24) is 13.6 Å². The molecule has 2 heterocycles. The van der Waals surface area contributed by atoms with Gasteiger partial charge in [0.1, 0.15) is 0 Å². The number of nitrogens with zero attached hydrogens (tertiary/aromatic N) is 3. The monoisotopic (exact) mass is 213 g/mol. The van der Waals surface area contributed by atoms with E-state index in [9.17, 15) is 4.79 Å². The highest BCUT2D eigenvalue weighted by Crippen LogP contribution is 2.18. The van der Waals surface area contributed by atoms with Crippen LogP contribution in [0.5, 0.6) is 0 Å². The Morgan fingerprint density at radius 1 is 1.79 bits per heavy atom. The van der Waals surface area contributed by atoms with Crippen molar-refractivity contribution in [3.63, 3.8) is 0 Å². The number of hydrogen-bond donors (Lipinski definition) is 1. The van der Waals surface area contributed by atoms with E-state index in [1.807, 2.05) is 0 Å². The molecular weight excluding hydrogens is 202 g/mol. The molecule has 1 aromatic rings. The summed E-state index contributed by atoms with van der Waals surface area (Å²) in [5, 5.41) is 9.06. The maximum Gasteiger partial charge on any atom is 0.275 e. The van der Waals surface area contributed by atoms with E-state index in [1.54, 1.807) is 4.90 Å². The van der Waals surface area contributed by atoms with Gasteiger partial charge in [-0.1, -0.05) is 0 Å². The molecule has 2 rings (SSSR count). The molecule has 1 atom stereocenters. The normalized spacial score (nSPS) is 21.5. The molecule has 0 spiro atoms. The first-order valence-corrected chi connectivity index (χ1v) is 5.25. The van der Waals surface area contributed by atoms with Crippen LogP contribution in [0.3, 0.4) is 0 Å². The number of aliphatic hydroxyl groups excluding tert-OH is 1. The van der Waals surface area contributed by atoms with Gasteiger partial charge < -0.3 is 10.0 Å². The van der Waals surface area contributed by atoms with Crippen LogP contribution >= 0.6 is 11.7 Å². The fourth-order valence-corrected chi connectivity index (χ4v) is 2.11. The molecule has 0 radical (unpaired) electrons. The van der Waals surface area contributed by atoms with E-state index in [4.69, 9.17) is 5.11 Å². The Hall–Kier alpha value is -1.01. The molecule has 0 bridgehead atoms. The molecule has 1 saturated heterocycles. The zero-order valence-electron chi connectivity index (χ0n) is 7.59. The number of hydrogen-bond acceptors (Lipinski definition) is 5. The molecule has 1 amide bonds. The molecular formula is C8H11N3O2S. The highest BCUT2D eigenvalue weighted by Gasteiger charge is 2.29. The summed E-state index contributed by atoms with van der Waals surface area (Å²) >= 11 is 1.03. The minimum Gasteiger partial charge on any atom is -0.394 e. The second kappa shape index (κ2) is 4.02. The standard InChI is InChI=1S/C8H11N3O2S/c12-5-6-2-1-3-11(6)8(13)7-4-9-14-10-7/h4,6,12H,1-3,5H2/t6-/m0/s1. The van der Waals surface area contributed by atoms with Crippen LogP contribution in [0.15, 0.2) is 6.20 Å². The maximum atomic E-state index is 11.8. The van der Waals surface area contributed by atoms with Crippen LogP contribution in [0.4, 0.5) is 0 Å². The SMILES string of the molecule is O=C(c1cnsn1)N1CCC[C@H]1CO. The van der Waals surface area contributed by atoms with E-state index in [0.29, 0.717) is 12.2 Å². The van der Waals surface area contributed by atoms with Gasteiger partial charge in [0.15, 0.2) is 5.69 Å². The van der Waals surface area contributed by atoms with Crippen LogP contribution in [-0.4, -0.2) is 43.9 Å². The van der Waals surface area contributed by atoms with Gasteiger partial charge in [-0.15, -0.1) is 0 Å². The van der Waals surface area contributed by atoms with Crippen molar-refractivity contribution >= 4 is 17.6 Å². The van der Waals surface area contributed by atoms with Crippen LogP contribution in [-0.2, 0) is 0 Å². The average molecular weight is 213 g/mol. The number of carbonyl (C=O) groups is 1. The van der Waals surface area contributed by atoms with Crippen LogP contribution in [0.1, 0.15) is 23.3 Å². The van der Waals surface area contributed by atoms with Gasteiger partial charge in [0.05, 0.1) is 30.6 Å². The van der Waals surface area contributed by atoms with Crippen LogP contribution < -0.4 is 0 Å². The molecule has 1 aliphatic rings. The number of likely N-dealkylation sites (tertiary alicyclic amines) is 1. The highest BCUT2D eigenvalue weighted by molar-refractivity contribution is 6.99. The summed E-state index contributed by atoms with van der Waals surface area (Å²) in [6.07, 6.45) is 3.30. The molecule has 1 N–H and O–H groups in total. The number of aliphatic hydroxyl groups is 1. The predicted octanol–water partition coefficient (Wildman–Crippen LogP) is 0.135. The largest absolute Gasteiger partial charge is 0.394 e. The topological polar surface area (TPSA) is 66.3 Å². The van der Waals surface area contributed by atoms with Crippen LogP contribution in [0, 0.1) is 0 Å². The first-order chi connectivity index (χ1) is 6.83. The van der Waals surface area contributed by atoms with Gasteiger partial charge in [-0.25, -0.2) is 0 Å². The van der Waals surface area contributed by atoms with Gasteiger partial charge in [-0.2, -0.15) is 8.75 Å². The van der Waals surface area contributed by atoms with Crippen molar-refractivity contribution in [3.05, 3.63) is 11.9 Å². The number of aromatic nitrogens is 2. The van der Waals surface area contributed by atoms with Crippen molar-refractivity contribution in [3.8, 4) is 0 Å². The molecule has 0 aromatic carbocycles. The Morgan fingerprint density at radius 2 is 2.64 bits per heavy atom. The van der Waals surface area contributed by atoms with Crippen molar-refractivity contribution in [2.24, 2.45) is 0 Å². The quantitative estimate of drug-likeness (QED) is 0.758. The lowest BCUT2D eigenvalue weighted by molar-refractivity contribution is 0.0673. The lowest BCUT2D eigenvalue weighted by atomic mass is 10.2. The summed E-state index contributed by atoms with van der Waals surface area (Å²) in [7, 11) is 0. The Morgan fingerprint density at radius 3 is 3.29 bits per heavy atom. The lowest BCUT2D eigenvalue weighted by Gasteiger charge is -2.21. The summed E-state index contributed by atoms with van der Waals surface area (Å²) in [4.78, 5) is 13.5. The molecule has 1 fully saturated rings. The molecule has 6 heteroatoms. The Balaban J connectivity index is 2.11. The van der Waals surface area contributed by atoms with E-state index in [2.05, 4.69) is 8.75 Å². The molecule has 1 aliphatic heterocycles. The van der Waals surface area contributed by atoms with E-state index in [0.717, 1.165) is 24.6 Å². The summed E-state index contributed by atoms with van der Waals surface area (Å²) < 4.78 is 7.67. The highest BCUT2D eigenvalue weighted by atomic mass is 32.1. The molecule has 0 saturated carbocycles. The fourth-order valence-electron chi connectivity index (χ4n) is 1.70. The van der Waals surface area contributed by atoms with Crippen molar-refractivity contribution in [2.45, 2.75) is 18.9 Å². The van der Waals surface area contributed by atoms with Gasteiger partial charge in [-0.3, -0.25) is 4.79 Å². The zero-order valence-corrected chi connectivity index (χ0v) is 8.40. The van der Waals surface area contributed by atoms with Gasteiger partial charge in [-0.05, 0) is 12.8 Å². The van der Waals surface area contributed by atoms with Crippen LogP contribution in [0.25, 0.3) is 0 Å². The molecule has 1 aromatic heterocycles. The van der Waals surface area contributed by atoms with Gasteiger partial charge >= 0.3 is 0 Å². The van der Waals surface area contributed by atoms with E-state index < -0.39 is 0 Å². The second-order valence-electron chi connectivity index (χ2n) is 3.27. The van der Waals surface area contributed by atoms with Crippen molar-refractivity contribution in [2.75, 3.05) is 13.2 Å². The van der Waals surface area contributed by atoms with Crippen molar-refractivity contribution in [1.29, 1.82) is 0 Å². The smallest absolute Gasteiger partial charge is 0.275 e. The second-order valence-corrected chi connectivity index (χ2v) is 3.83. The first-order valence-electron chi connectivity index (χ1n) is 4.52. The Labute approximate surface area is 85.7 Å². The molecule has 14 heavy (non-hydrogen) atoms. The summed E-state index contributed by atoms with van der Waals surface area (Å²) in [5.41, 5.74) is 0.385. The molecule has 0 aliphatic carbocycles. The average Bonchev–Trinajstić information content (AvgIpc) is 2.87. The van der Waals surface area contributed by atoms with Gasteiger partial charge in [0.2, 0.25) is 0 Å². The minimum atomic E-state index is -0.115. The number of amides is 1. The van der Waals surface area contributed by atoms with Crippen LogP contribution in [0.2, 0.25) is 0 Å². The third-order valence-electron chi connectivity index (χ3n) is 2.43. The third kappa shape index (κ3) is 1.62. The van der Waals surface area contributed by atoms with E-state index >= 15 is 0 Å². The molecule has 0 unspecified atom stereocenters. The minimum absolute atomic E-state index is 0.0311. The number of rotatable bonds is 2. The first kappa shape index (κ1) is 9.54. The van der Waals surface area contributed by atoms with E-state index in [1.165, 1.54) is 6.20 Å². The molecule has 5 nitrogen and oxygen atoms in total. The van der Waals surface area contributed by atoms with Gasteiger partial charge in [0, 0.05) is 6.54 Å². The predicted molar refractivity (Wildman–Crippen MR) is 51.1 cm³/mol. The third-order valence-corrected chi connectivity index (χ3v) is 2.91. The van der Waals surface area contributed by atoms with Crippen molar-refractivity contribution < 1.29 is 9.90 Å². The molecule has 76 valence electrons. The summed E-state index contributed by atoms with van der Waals surface area (Å²) in [6.45, 7) is 0.741. The maximum absolute atomic E-state index is 11.8. The fraction of sp³-hybridized carbons (Fsp3) is 0.625. The lowest BCUT2D eigenvalue weighted by Crippen LogP contribution is -2.37. The van der Waals surface area contributed by atoms with Gasteiger partial charge in [0.25, 0.3) is 5.91 Å². The summed E-state index contributed by atoms with van der Waals surface area (Å²) in [6, 6.07) is -0.0378. The summed E-state index contributed by atoms with van der Waals surface area (Å²) in [5.74, 6) is -0.115. The van der Waals surface area contributed by atoms with E-state index in [-0.39, 0.29) is 18.6 Å². The Bertz CT molecular complexity index is 314. The Kier molecular flexibility index (Phi) is 2.74.